The molecule has 0 saturated carbocycles. The number of hydrogen-bond donors (Lipinski definition) is 1. The monoisotopic (exact) mass is 276 g/mol. The van der Waals surface area contributed by atoms with Crippen LogP contribution in [0.3, 0.4) is 0 Å². The number of nitriles is 1. The van der Waals surface area contributed by atoms with Gasteiger partial charge in [0, 0.05) is 6.42 Å². The van der Waals surface area contributed by atoms with Gasteiger partial charge < -0.3 is 5.32 Å². The number of carbonyl (C=O) groups excluding carboxylic acids is 1. The van der Waals surface area contributed by atoms with Crippen LogP contribution < -0.4 is 5.32 Å². The van der Waals surface area contributed by atoms with E-state index in [-0.39, 0.29) is 5.91 Å². The zero-order chi connectivity index (χ0) is 14.3. The minimum atomic E-state index is -0.0105. The van der Waals surface area contributed by atoms with E-state index in [0.29, 0.717) is 22.9 Å². The van der Waals surface area contributed by atoms with Crippen molar-refractivity contribution in [2.45, 2.75) is 40.0 Å². The predicted octanol–water partition coefficient (Wildman–Crippen LogP) is 4.33. The smallest absolute Gasteiger partial charge is 0.225 e. The third-order valence-electron chi connectivity index (χ3n) is 2.78. The normalized spacial score (nSPS) is 11.5. The molecule has 3 nitrogen and oxygen atoms in total. The summed E-state index contributed by atoms with van der Waals surface area (Å²) >= 11 is 1.39. The van der Waals surface area contributed by atoms with Gasteiger partial charge in [0.1, 0.15) is 11.1 Å². The van der Waals surface area contributed by atoms with E-state index in [4.69, 9.17) is 5.26 Å². The molecule has 1 rings (SSSR count). The highest BCUT2D eigenvalue weighted by Gasteiger charge is 2.11. The Kier molecular flexibility index (Phi) is 6.31. The molecule has 1 heterocycles. The highest BCUT2D eigenvalue weighted by Crippen LogP contribution is 2.23. The molecule has 1 amide bonds. The Balaban J connectivity index is 2.39. The Labute approximate surface area is 119 Å². The van der Waals surface area contributed by atoms with E-state index in [1.165, 1.54) is 16.9 Å². The molecule has 0 spiro atoms. The van der Waals surface area contributed by atoms with E-state index in [9.17, 15) is 4.79 Å². The maximum atomic E-state index is 11.9. The summed E-state index contributed by atoms with van der Waals surface area (Å²) in [6.45, 7) is 6.24. The first-order chi connectivity index (χ1) is 9.02. The molecule has 0 aliphatic heterocycles. The van der Waals surface area contributed by atoms with E-state index in [2.05, 4.69) is 38.2 Å². The molecule has 1 aromatic heterocycles. The number of anilines is 1. The van der Waals surface area contributed by atoms with Gasteiger partial charge in [-0.05, 0) is 44.1 Å². The summed E-state index contributed by atoms with van der Waals surface area (Å²) in [5.41, 5.74) is 1.85. The first-order valence-corrected chi connectivity index (χ1v) is 7.31. The van der Waals surface area contributed by atoms with Crippen molar-refractivity contribution in [3.05, 3.63) is 28.7 Å². The van der Waals surface area contributed by atoms with Crippen LogP contribution in [0.4, 0.5) is 5.00 Å². The molecule has 0 fully saturated rings. The van der Waals surface area contributed by atoms with Crippen molar-refractivity contribution >= 4 is 22.2 Å². The zero-order valence-electron chi connectivity index (χ0n) is 11.7. The van der Waals surface area contributed by atoms with Crippen LogP contribution in [0.2, 0.25) is 0 Å². The molecule has 0 saturated heterocycles. The molecular weight excluding hydrogens is 256 g/mol. The number of allylic oxidation sites excluding steroid dienone is 2. The summed E-state index contributed by atoms with van der Waals surface area (Å²) < 4.78 is 0. The van der Waals surface area contributed by atoms with Crippen molar-refractivity contribution in [2.24, 2.45) is 5.92 Å². The second kappa shape index (κ2) is 7.75. The summed E-state index contributed by atoms with van der Waals surface area (Å²) in [5.74, 6) is 0.338. The predicted molar refractivity (Wildman–Crippen MR) is 80.1 cm³/mol. The minimum Gasteiger partial charge on any atom is -0.317 e. The van der Waals surface area contributed by atoms with Crippen LogP contribution in [-0.4, -0.2) is 5.91 Å². The van der Waals surface area contributed by atoms with E-state index in [0.717, 1.165) is 12.8 Å². The second-order valence-corrected chi connectivity index (χ2v) is 5.91. The van der Waals surface area contributed by atoms with Gasteiger partial charge in [0.15, 0.2) is 0 Å². The maximum absolute atomic E-state index is 11.9. The minimum absolute atomic E-state index is 0.0105. The Morgan fingerprint density at radius 2 is 2.32 bits per heavy atom. The molecule has 4 heteroatoms. The molecule has 0 aliphatic carbocycles. The number of amides is 1. The van der Waals surface area contributed by atoms with Crippen LogP contribution in [0.1, 0.15) is 45.6 Å². The molecule has 19 heavy (non-hydrogen) atoms. The van der Waals surface area contributed by atoms with Crippen LogP contribution in [0.15, 0.2) is 23.1 Å². The van der Waals surface area contributed by atoms with Gasteiger partial charge in [0.25, 0.3) is 0 Å². The van der Waals surface area contributed by atoms with Crippen molar-refractivity contribution in [2.75, 3.05) is 5.32 Å². The summed E-state index contributed by atoms with van der Waals surface area (Å²) in [6.07, 6.45) is 4.72. The topological polar surface area (TPSA) is 52.9 Å². The summed E-state index contributed by atoms with van der Waals surface area (Å²) in [6, 6.07) is 3.79. The second-order valence-electron chi connectivity index (χ2n) is 4.99. The van der Waals surface area contributed by atoms with E-state index in [1.54, 1.807) is 6.07 Å². The average Bonchev–Trinajstić information content (AvgIpc) is 2.75. The van der Waals surface area contributed by atoms with Crippen molar-refractivity contribution < 1.29 is 4.79 Å². The van der Waals surface area contributed by atoms with Crippen LogP contribution >= 0.6 is 11.3 Å². The molecule has 0 bridgehead atoms. The van der Waals surface area contributed by atoms with Gasteiger partial charge >= 0.3 is 0 Å². The number of rotatable bonds is 6. The number of thiophene rings is 1. The summed E-state index contributed by atoms with van der Waals surface area (Å²) in [7, 11) is 0. The Bertz CT molecular complexity index is 492. The van der Waals surface area contributed by atoms with Crippen molar-refractivity contribution in [3.63, 3.8) is 0 Å². The lowest BCUT2D eigenvalue weighted by molar-refractivity contribution is -0.117. The zero-order valence-corrected chi connectivity index (χ0v) is 12.5. The number of nitrogens with one attached hydrogen (secondary N) is 1. The molecule has 1 N–H and O–H groups in total. The highest BCUT2D eigenvalue weighted by molar-refractivity contribution is 7.14. The quantitative estimate of drug-likeness (QED) is 0.786. The Morgan fingerprint density at radius 3 is 2.95 bits per heavy atom. The molecular formula is C15H20N2OS. The van der Waals surface area contributed by atoms with Gasteiger partial charge in [-0.2, -0.15) is 5.26 Å². The van der Waals surface area contributed by atoms with Crippen molar-refractivity contribution in [3.8, 4) is 6.07 Å². The first-order valence-electron chi connectivity index (χ1n) is 6.43. The number of carbonyl (C=O) groups is 1. The molecule has 0 aromatic carbocycles. The lowest BCUT2D eigenvalue weighted by Gasteiger charge is -2.10. The lowest BCUT2D eigenvalue weighted by Crippen LogP contribution is -2.14. The Hall–Kier alpha value is -1.60. The third-order valence-corrected chi connectivity index (χ3v) is 3.61. The molecule has 0 radical (unpaired) electrons. The number of nitrogens with zero attached hydrogens (tertiary/aromatic N) is 1. The lowest BCUT2D eigenvalue weighted by atomic mass is 10.0. The maximum Gasteiger partial charge on any atom is 0.225 e. The van der Waals surface area contributed by atoms with Crippen LogP contribution in [0.25, 0.3) is 0 Å². The first kappa shape index (κ1) is 15.5. The van der Waals surface area contributed by atoms with Crippen LogP contribution in [0.5, 0.6) is 0 Å². The van der Waals surface area contributed by atoms with Crippen molar-refractivity contribution in [1.29, 1.82) is 5.26 Å². The number of hydrogen-bond acceptors (Lipinski definition) is 3. The van der Waals surface area contributed by atoms with Crippen LogP contribution in [-0.2, 0) is 4.79 Å². The van der Waals surface area contributed by atoms with Gasteiger partial charge in [-0.1, -0.05) is 18.6 Å². The van der Waals surface area contributed by atoms with Gasteiger partial charge in [-0.15, -0.1) is 11.3 Å². The molecule has 1 unspecified atom stereocenters. The van der Waals surface area contributed by atoms with E-state index >= 15 is 0 Å². The van der Waals surface area contributed by atoms with Gasteiger partial charge in [-0.25, -0.2) is 0 Å². The Morgan fingerprint density at radius 1 is 1.58 bits per heavy atom. The fourth-order valence-corrected chi connectivity index (χ4v) is 2.50. The summed E-state index contributed by atoms with van der Waals surface area (Å²) in [5, 5.41) is 14.2. The standard InChI is InChI=1S/C15H20N2OS/c1-11(2)5-4-6-12(3)9-14(18)17-15-13(10-16)7-8-19-15/h5,7-8,12H,4,6,9H2,1-3H3,(H,17,18). The largest absolute Gasteiger partial charge is 0.317 e. The van der Waals surface area contributed by atoms with Crippen molar-refractivity contribution in [1.82, 2.24) is 0 Å². The molecule has 0 aliphatic rings. The fourth-order valence-electron chi connectivity index (χ4n) is 1.75. The average molecular weight is 276 g/mol. The fraction of sp³-hybridized carbons (Fsp3) is 0.467. The van der Waals surface area contributed by atoms with E-state index in [1.807, 2.05) is 5.38 Å². The molecule has 1 atom stereocenters. The van der Waals surface area contributed by atoms with Crippen LogP contribution in [0, 0.1) is 17.2 Å². The van der Waals surface area contributed by atoms with Gasteiger partial charge in [0.05, 0.1) is 5.56 Å². The highest BCUT2D eigenvalue weighted by atomic mass is 32.1. The molecule has 1 aromatic rings. The molecule has 102 valence electrons. The van der Waals surface area contributed by atoms with Gasteiger partial charge in [0.2, 0.25) is 5.91 Å². The van der Waals surface area contributed by atoms with E-state index < -0.39 is 0 Å². The summed E-state index contributed by atoms with van der Waals surface area (Å²) in [4.78, 5) is 11.9. The van der Waals surface area contributed by atoms with Gasteiger partial charge in [-0.3, -0.25) is 4.79 Å². The SMILES string of the molecule is CC(C)=CCCC(C)CC(=O)Nc1sccc1C#N. The third kappa shape index (κ3) is 5.71.